The Kier molecular flexibility index (Phi) is 9.50. The summed E-state index contributed by atoms with van der Waals surface area (Å²) in [4.78, 5) is 8.84. The molecule has 0 spiro atoms. The number of aliphatic imine (C=N–C) groups is 1. The molecule has 1 heterocycles. The lowest BCUT2D eigenvalue weighted by atomic mass is 10.1. The van der Waals surface area contributed by atoms with Crippen molar-refractivity contribution in [2.45, 2.75) is 26.4 Å². The first-order valence-corrected chi connectivity index (χ1v) is 9.84. The summed E-state index contributed by atoms with van der Waals surface area (Å²) in [6, 6.07) is 11.9. The van der Waals surface area contributed by atoms with Crippen molar-refractivity contribution >= 4 is 41.5 Å². The van der Waals surface area contributed by atoms with Crippen LogP contribution in [0.1, 0.15) is 31.3 Å². The lowest BCUT2D eigenvalue weighted by Crippen LogP contribution is -2.38. The van der Waals surface area contributed by atoms with Gasteiger partial charge in [0.1, 0.15) is 6.54 Å². The van der Waals surface area contributed by atoms with Crippen LogP contribution < -0.4 is 15.4 Å². The summed E-state index contributed by atoms with van der Waals surface area (Å²) in [5, 5.41) is 11.0. The Hall–Kier alpha value is -2.40. The maximum atomic E-state index is 14.0. The van der Waals surface area contributed by atoms with Crippen molar-refractivity contribution in [1.29, 1.82) is 0 Å². The third-order valence-electron chi connectivity index (χ3n) is 4.30. The minimum absolute atomic E-state index is 0. The summed E-state index contributed by atoms with van der Waals surface area (Å²) in [6.07, 6.45) is 0. The van der Waals surface area contributed by atoms with Crippen molar-refractivity contribution in [2.75, 3.05) is 13.7 Å². The second kappa shape index (κ2) is 11.8. The Morgan fingerprint density at radius 2 is 2.10 bits per heavy atom. The predicted octanol–water partition coefficient (Wildman–Crippen LogP) is 4.97. The molecule has 0 aliphatic carbocycles. The van der Waals surface area contributed by atoms with Gasteiger partial charge in [-0.2, -0.15) is 4.98 Å². The number of guanidine groups is 1. The van der Waals surface area contributed by atoms with E-state index in [-0.39, 0.29) is 42.3 Å². The molecule has 7 nitrogen and oxygen atoms in total. The van der Waals surface area contributed by atoms with Gasteiger partial charge < -0.3 is 19.9 Å². The highest BCUT2D eigenvalue weighted by Crippen LogP contribution is 2.22. The SMILES string of the molecule is CCNC(=NCc1nc(-c2cccc(Cl)c2)no1)NC(C)c1ccc(OC)c(F)c1.I. The fourth-order valence-corrected chi connectivity index (χ4v) is 2.96. The van der Waals surface area contributed by atoms with Gasteiger partial charge in [-0.1, -0.05) is 35.0 Å². The molecule has 0 aliphatic heterocycles. The first-order valence-electron chi connectivity index (χ1n) is 9.47. The number of rotatable bonds is 7. The fraction of sp³-hybridized carbons (Fsp3) is 0.286. The van der Waals surface area contributed by atoms with Gasteiger partial charge >= 0.3 is 0 Å². The summed E-state index contributed by atoms with van der Waals surface area (Å²) < 4.78 is 24.3. The van der Waals surface area contributed by atoms with E-state index >= 15 is 0 Å². The standard InChI is InChI=1S/C21H23ClFN5O2.HI/c1-4-24-21(26-13(2)14-8-9-18(29-3)17(23)11-14)25-12-19-27-20(28-30-19)15-6-5-7-16(22)10-15;/h5-11,13H,4,12H2,1-3H3,(H2,24,25,26);1H. The summed E-state index contributed by atoms with van der Waals surface area (Å²) in [7, 11) is 1.44. The van der Waals surface area contributed by atoms with Crippen molar-refractivity contribution in [1.82, 2.24) is 20.8 Å². The van der Waals surface area contributed by atoms with Gasteiger partial charge in [-0.3, -0.25) is 0 Å². The zero-order valence-electron chi connectivity index (χ0n) is 17.4. The number of hydrogen-bond donors (Lipinski definition) is 2. The second-order valence-corrected chi connectivity index (χ2v) is 6.91. The monoisotopic (exact) mass is 559 g/mol. The Balaban J connectivity index is 0.00000341. The van der Waals surface area contributed by atoms with Crippen molar-refractivity contribution in [3.8, 4) is 17.1 Å². The van der Waals surface area contributed by atoms with Crippen LogP contribution in [0.25, 0.3) is 11.4 Å². The Bertz CT molecular complexity index is 1030. The smallest absolute Gasteiger partial charge is 0.248 e. The van der Waals surface area contributed by atoms with E-state index in [1.807, 2.05) is 26.0 Å². The number of ether oxygens (including phenoxy) is 1. The van der Waals surface area contributed by atoms with Gasteiger partial charge in [0.05, 0.1) is 13.2 Å². The van der Waals surface area contributed by atoms with Gasteiger partial charge in [0.25, 0.3) is 0 Å². The van der Waals surface area contributed by atoms with Crippen molar-refractivity contribution in [2.24, 2.45) is 4.99 Å². The van der Waals surface area contributed by atoms with Crippen LogP contribution >= 0.6 is 35.6 Å². The lowest BCUT2D eigenvalue weighted by Gasteiger charge is -2.18. The van der Waals surface area contributed by atoms with Gasteiger partial charge in [0.15, 0.2) is 17.5 Å². The van der Waals surface area contributed by atoms with E-state index in [0.717, 1.165) is 11.1 Å². The van der Waals surface area contributed by atoms with Crippen LogP contribution in [0.3, 0.4) is 0 Å². The maximum Gasteiger partial charge on any atom is 0.248 e. The largest absolute Gasteiger partial charge is 0.494 e. The van der Waals surface area contributed by atoms with Crippen LogP contribution in [0, 0.1) is 5.82 Å². The van der Waals surface area contributed by atoms with E-state index in [1.165, 1.54) is 13.2 Å². The average Bonchev–Trinajstić information content (AvgIpc) is 3.21. The molecule has 0 fully saturated rings. The number of halogens is 3. The summed E-state index contributed by atoms with van der Waals surface area (Å²) >= 11 is 6.01. The number of benzene rings is 2. The molecule has 0 saturated carbocycles. The van der Waals surface area contributed by atoms with E-state index in [0.29, 0.717) is 29.2 Å². The van der Waals surface area contributed by atoms with Crippen LogP contribution in [0.4, 0.5) is 4.39 Å². The molecule has 0 bridgehead atoms. The van der Waals surface area contributed by atoms with Crippen molar-refractivity contribution in [3.63, 3.8) is 0 Å². The highest BCUT2D eigenvalue weighted by atomic mass is 127. The molecule has 0 radical (unpaired) electrons. The van der Waals surface area contributed by atoms with Gasteiger partial charge in [0.2, 0.25) is 11.7 Å². The first kappa shape index (κ1) is 24.9. The topological polar surface area (TPSA) is 84.6 Å². The van der Waals surface area contributed by atoms with Crippen LogP contribution in [-0.4, -0.2) is 29.8 Å². The zero-order chi connectivity index (χ0) is 21.5. The molecule has 3 aromatic rings. The Labute approximate surface area is 202 Å². The van der Waals surface area contributed by atoms with Crippen molar-refractivity contribution < 1.29 is 13.7 Å². The molecular weight excluding hydrogens is 536 g/mol. The third kappa shape index (κ3) is 6.79. The molecule has 1 unspecified atom stereocenters. The van der Waals surface area contributed by atoms with Crippen LogP contribution in [-0.2, 0) is 6.54 Å². The molecule has 0 saturated heterocycles. The van der Waals surface area contributed by atoms with E-state index in [2.05, 4.69) is 25.8 Å². The van der Waals surface area contributed by atoms with Gasteiger partial charge in [0, 0.05) is 17.1 Å². The molecule has 10 heteroatoms. The number of nitrogens with zero attached hydrogens (tertiary/aromatic N) is 3. The summed E-state index contributed by atoms with van der Waals surface area (Å²) in [5.74, 6) is 1.15. The van der Waals surface area contributed by atoms with Gasteiger partial charge in [-0.15, -0.1) is 24.0 Å². The predicted molar refractivity (Wildman–Crippen MR) is 129 cm³/mol. The molecule has 1 aromatic heterocycles. The van der Waals surface area contributed by atoms with Crippen LogP contribution in [0.5, 0.6) is 5.75 Å². The third-order valence-corrected chi connectivity index (χ3v) is 4.53. The van der Waals surface area contributed by atoms with E-state index in [1.54, 1.807) is 24.3 Å². The first-order chi connectivity index (χ1) is 14.5. The highest BCUT2D eigenvalue weighted by molar-refractivity contribution is 14.0. The van der Waals surface area contributed by atoms with E-state index < -0.39 is 5.82 Å². The molecule has 2 N–H and O–H groups in total. The lowest BCUT2D eigenvalue weighted by molar-refractivity contribution is 0.380. The Morgan fingerprint density at radius 3 is 2.77 bits per heavy atom. The minimum atomic E-state index is -0.412. The van der Waals surface area contributed by atoms with Gasteiger partial charge in [-0.05, 0) is 43.7 Å². The second-order valence-electron chi connectivity index (χ2n) is 6.48. The molecule has 0 aliphatic rings. The van der Waals surface area contributed by atoms with Crippen molar-refractivity contribution in [3.05, 3.63) is 64.8 Å². The molecule has 31 heavy (non-hydrogen) atoms. The summed E-state index contributed by atoms with van der Waals surface area (Å²) in [5.41, 5.74) is 1.53. The van der Waals surface area contributed by atoms with E-state index in [4.69, 9.17) is 20.9 Å². The van der Waals surface area contributed by atoms with Crippen LogP contribution in [0.15, 0.2) is 52.0 Å². The minimum Gasteiger partial charge on any atom is -0.494 e. The quantitative estimate of drug-likeness (QED) is 0.242. The summed E-state index contributed by atoms with van der Waals surface area (Å²) in [6.45, 7) is 4.72. The van der Waals surface area contributed by atoms with E-state index in [9.17, 15) is 4.39 Å². The molecule has 0 amide bonds. The maximum absolute atomic E-state index is 14.0. The number of hydrogen-bond acceptors (Lipinski definition) is 5. The zero-order valence-corrected chi connectivity index (χ0v) is 20.4. The number of nitrogens with one attached hydrogen (secondary N) is 2. The highest BCUT2D eigenvalue weighted by Gasteiger charge is 2.13. The molecule has 3 rings (SSSR count). The van der Waals surface area contributed by atoms with Crippen LogP contribution in [0.2, 0.25) is 5.02 Å². The van der Waals surface area contributed by atoms with Gasteiger partial charge in [-0.25, -0.2) is 9.38 Å². The number of methoxy groups -OCH3 is 1. The Morgan fingerprint density at radius 1 is 1.29 bits per heavy atom. The molecule has 1 atom stereocenters. The molecule has 166 valence electrons. The molecular formula is C21H24ClFIN5O2. The normalized spacial score (nSPS) is 12.1. The fourth-order valence-electron chi connectivity index (χ4n) is 2.77. The molecule has 2 aromatic carbocycles. The average molecular weight is 560 g/mol. The number of aromatic nitrogens is 2.